The number of nitrogens with zero attached hydrogens (tertiary/aromatic N) is 2. The fourth-order valence-electron chi connectivity index (χ4n) is 0.904. The zero-order valence-corrected chi connectivity index (χ0v) is 7.54. The zero-order valence-electron chi connectivity index (χ0n) is 7.54. The van der Waals surface area contributed by atoms with Crippen LogP contribution in [0.3, 0.4) is 0 Å². The molecule has 11 heavy (non-hydrogen) atoms. The van der Waals surface area contributed by atoms with Crippen LogP contribution in [0.25, 0.3) is 0 Å². The number of hydrogen-bond acceptors (Lipinski definition) is 1. The standard InChI is InChI=1S/C9H16N2/c1-8(2)5-9(3)6-11-7-10-4/h6-8H,4-5H2,1-3H3/b9-6+,11-7?. The second-order valence-corrected chi connectivity index (χ2v) is 3.02. The number of hydrogen-bond donors (Lipinski definition) is 0. The van der Waals surface area contributed by atoms with Crippen LogP contribution in [0.4, 0.5) is 0 Å². The molecule has 2 heteroatoms. The lowest BCUT2D eigenvalue weighted by molar-refractivity contribution is 0.641. The molecule has 0 bridgehead atoms. The second kappa shape index (κ2) is 5.83. The molecule has 0 aliphatic heterocycles. The van der Waals surface area contributed by atoms with Crippen LogP contribution in [0, 0.1) is 5.92 Å². The van der Waals surface area contributed by atoms with Gasteiger partial charge in [0.2, 0.25) is 0 Å². The lowest BCUT2D eigenvalue weighted by Gasteiger charge is -2.01. The van der Waals surface area contributed by atoms with E-state index < -0.39 is 0 Å². The third-order valence-corrected chi connectivity index (χ3v) is 1.17. The molecule has 0 aromatic heterocycles. The van der Waals surface area contributed by atoms with Crippen LogP contribution >= 0.6 is 0 Å². The summed E-state index contributed by atoms with van der Waals surface area (Å²) >= 11 is 0. The van der Waals surface area contributed by atoms with Crippen LogP contribution in [0.15, 0.2) is 21.8 Å². The molecule has 0 aromatic rings. The second-order valence-electron chi connectivity index (χ2n) is 3.02. The van der Waals surface area contributed by atoms with Crippen molar-refractivity contribution in [3.05, 3.63) is 11.8 Å². The Morgan fingerprint density at radius 2 is 2.18 bits per heavy atom. The summed E-state index contributed by atoms with van der Waals surface area (Å²) in [4.78, 5) is 7.43. The highest BCUT2D eigenvalue weighted by Crippen LogP contribution is 2.08. The molecule has 62 valence electrons. The van der Waals surface area contributed by atoms with Crippen LogP contribution in [0.1, 0.15) is 27.2 Å². The van der Waals surface area contributed by atoms with E-state index in [4.69, 9.17) is 0 Å². The minimum Gasteiger partial charge on any atom is -0.253 e. The highest BCUT2D eigenvalue weighted by molar-refractivity contribution is 5.62. The van der Waals surface area contributed by atoms with Crippen molar-refractivity contribution in [3.63, 3.8) is 0 Å². The lowest BCUT2D eigenvalue weighted by atomic mass is 10.1. The first-order valence-corrected chi connectivity index (χ1v) is 3.80. The van der Waals surface area contributed by atoms with Gasteiger partial charge in [0.15, 0.2) is 0 Å². The highest BCUT2D eigenvalue weighted by Gasteiger charge is 1.93. The van der Waals surface area contributed by atoms with Gasteiger partial charge in [0, 0.05) is 6.20 Å². The predicted molar refractivity (Wildman–Crippen MR) is 51.3 cm³/mol. The first-order chi connectivity index (χ1) is 5.16. The van der Waals surface area contributed by atoms with E-state index in [0.29, 0.717) is 5.92 Å². The predicted octanol–water partition coefficient (Wildman–Crippen LogP) is 2.67. The molecule has 0 fully saturated rings. The molecular weight excluding hydrogens is 136 g/mol. The van der Waals surface area contributed by atoms with Crippen molar-refractivity contribution in [2.75, 3.05) is 0 Å². The molecule has 0 radical (unpaired) electrons. The fourth-order valence-corrected chi connectivity index (χ4v) is 0.904. The van der Waals surface area contributed by atoms with Gasteiger partial charge in [-0.25, -0.2) is 4.99 Å². The molecule has 0 unspecified atom stereocenters. The fraction of sp³-hybridized carbons (Fsp3) is 0.556. The summed E-state index contributed by atoms with van der Waals surface area (Å²) in [5.74, 6) is 0.693. The maximum Gasteiger partial charge on any atom is 0.114 e. The average Bonchev–Trinajstić information content (AvgIpc) is 1.86. The van der Waals surface area contributed by atoms with Crippen LogP contribution in [0.2, 0.25) is 0 Å². The van der Waals surface area contributed by atoms with Crippen molar-refractivity contribution in [1.82, 2.24) is 0 Å². The summed E-state index contributed by atoms with van der Waals surface area (Å²) in [7, 11) is 0. The normalized spacial score (nSPS) is 12.9. The van der Waals surface area contributed by atoms with E-state index in [2.05, 4.69) is 37.5 Å². The Morgan fingerprint density at radius 1 is 1.55 bits per heavy atom. The van der Waals surface area contributed by atoms with E-state index in [1.165, 1.54) is 11.9 Å². The Kier molecular flexibility index (Phi) is 5.35. The monoisotopic (exact) mass is 152 g/mol. The SMILES string of the molecule is C=NC=N/C=C(\C)CC(C)C. The Bertz CT molecular complexity index is 166. The number of allylic oxidation sites excluding steroid dienone is 1. The molecule has 0 N–H and O–H groups in total. The van der Waals surface area contributed by atoms with Crippen LogP contribution in [-0.2, 0) is 0 Å². The summed E-state index contributed by atoms with van der Waals surface area (Å²) in [6.07, 6.45) is 4.37. The van der Waals surface area contributed by atoms with E-state index in [9.17, 15) is 0 Å². The van der Waals surface area contributed by atoms with Gasteiger partial charge >= 0.3 is 0 Å². The molecule has 0 spiro atoms. The summed E-state index contributed by atoms with van der Waals surface area (Å²) in [6.45, 7) is 9.73. The maximum absolute atomic E-state index is 3.93. The molecule has 0 heterocycles. The Morgan fingerprint density at radius 3 is 2.64 bits per heavy atom. The van der Waals surface area contributed by atoms with E-state index in [-0.39, 0.29) is 0 Å². The topological polar surface area (TPSA) is 24.7 Å². The molecule has 0 aliphatic rings. The van der Waals surface area contributed by atoms with Crippen molar-refractivity contribution in [2.45, 2.75) is 27.2 Å². The van der Waals surface area contributed by atoms with E-state index in [1.807, 2.05) is 6.20 Å². The summed E-state index contributed by atoms with van der Waals surface area (Å²) in [6, 6.07) is 0. The maximum atomic E-state index is 3.93. The number of aliphatic imine (C=N–C) groups is 2. The van der Waals surface area contributed by atoms with Gasteiger partial charge in [-0.2, -0.15) is 0 Å². The van der Waals surface area contributed by atoms with Crippen LogP contribution in [-0.4, -0.2) is 13.1 Å². The van der Waals surface area contributed by atoms with E-state index in [0.717, 1.165) is 6.42 Å². The quantitative estimate of drug-likeness (QED) is 0.437. The summed E-state index contributed by atoms with van der Waals surface area (Å²) in [5, 5.41) is 0. The van der Waals surface area contributed by atoms with Crippen molar-refractivity contribution >= 4 is 13.1 Å². The van der Waals surface area contributed by atoms with E-state index in [1.54, 1.807) is 0 Å². The molecule has 0 atom stereocenters. The van der Waals surface area contributed by atoms with Gasteiger partial charge in [-0.3, -0.25) is 4.99 Å². The van der Waals surface area contributed by atoms with Gasteiger partial charge < -0.3 is 0 Å². The van der Waals surface area contributed by atoms with Gasteiger partial charge in [-0.05, 0) is 26.0 Å². The molecule has 0 saturated heterocycles. The molecular formula is C9H16N2. The molecule has 0 rings (SSSR count). The van der Waals surface area contributed by atoms with Crippen molar-refractivity contribution in [1.29, 1.82) is 0 Å². The Balaban J connectivity index is 3.80. The third kappa shape index (κ3) is 6.97. The van der Waals surface area contributed by atoms with Gasteiger partial charge in [-0.15, -0.1) is 0 Å². The van der Waals surface area contributed by atoms with Crippen LogP contribution in [0.5, 0.6) is 0 Å². The Labute approximate surface area is 68.8 Å². The Hall–Kier alpha value is -0.920. The molecule has 0 aliphatic carbocycles. The van der Waals surface area contributed by atoms with Gasteiger partial charge in [0.1, 0.15) is 6.34 Å². The molecule has 0 aromatic carbocycles. The van der Waals surface area contributed by atoms with Gasteiger partial charge in [0.05, 0.1) is 0 Å². The molecule has 0 amide bonds. The van der Waals surface area contributed by atoms with Crippen molar-refractivity contribution in [3.8, 4) is 0 Å². The largest absolute Gasteiger partial charge is 0.253 e. The minimum atomic E-state index is 0.693. The van der Waals surface area contributed by atoms with Crippen LogP contribution < -0.4 is 0 Å². The highest BCUT2D eigenvalue weighted by atomic mass is 14.8. The summed E-state index contributed by atoms with van der Waals surface area (Å²) < 4.78 is 0. The minimum absolute atomic E-state index is 0.693. The lowest BCUT2D eigenvalue weighted by Crippen LogP contribution is -1.86. The van der Waals surface area contributed by atoms with Gasteiger partial charge in [-0.1, -0.05) is 19.4 Å². The van der Waals surface area contributed by atoms with Crippen molar-refractivity contribution in [2.24, 2.45) is 15.9 Å². The zero-order chi connectivity index (χ0) is 8.69. The number of rotatable bonds is 4. The molecule has 0 saturated carbocycles. The van der Waals surface area contributed by atoms with Crippen molar-refractivity contribution < 1.29 is 0 Å². The average molecular weight is 152 g/mol. The first-order valence-electron chi connectivity index (χ1n) is 3.80. The summed E-state index contributed by atoms with van der Waals surface area (Å²) in [5.41, 5.74) is 1.28. The van der Waals surface area contributed by atoms with E-state index >= 15 is 0 Å². The smallest absolute Gasteiger partial charge is 0.114 e. The molecule has 2 nitrogen and oxygen atoms in total. The third-order valence-electron chi connectivity index (χ3n) is 1.17. The first kappa shape index (κ1) is 10.1. The van der Waals surface area contributed by atoms with Gasteiger partial charge in [0.25, 0.3) is 0 Å².